The van der Waals surface area contributed by atoms with Crippen molar-refractivity contribution in [1.82, 2.24) is 15.1 Å². The molecule has 1 heterocycles. The largest absolute Gasteiger partial charge is 0.480 e. The van der Waals surface area contributed by atoms with Crippen molar-refractivity contribution in [2.24, 2.45) is 0 Å². The summed E-state index contributed by atoms with van der Waals surface area (Å²) in [6.45, 7) is 1.44. The minimum atomic E-state index is -1.29. The molecule has 1 aliphatic carbocycles. The third kappa shape index (κ3) is 6.41. The average molecular weight is 574 g/mol. The number of thioether (sulfide) groups is 1. The van der Waals surface area contributed by atoms with E-state index < -0.39 is 30.1 Å². The topological polar surface area (TPSA) is 99.2 Å². The van der Waals surface area contributed by atoms with E-state index in [-0.39, 0.29) is 25.6 Å². The highest BCUT2D eigenvalue weighted by Gasteiger charge is 2.48. The Labute approximate surface area is 244 Å². The van der Waals surface area contributed by atoms with Crippen LogP contribution in [0.25, 0.3) is 11.1 Å². The Morgan fingerprint density at radius 2 is 1.63 bits per heavy atom. The SMILES string of the molecule is CSCCN(CC(=O)O)C(=O)C1(NC(=O)OCC2c3ccccc3-c3ccccc32)CCN(Cc2ccccc2)C1. The molecule has 0 aromatic heterocycles. The first-order chi connectivity index (χ1) is 19.9. The minimum Gasteiger partial charge on any atom is -0.480 e. The van der Waals surface area contributed by atoms with Crippen LogP contribution >= 0.6 is 11.8 Å². The van der Waals surface area contributed by atoms with Crippen LogP contribution in [0.1, 0.15) is 29.0 Å². The van der Waals surface area contributed by atoms with Gasteiger partial charge < -0.3 is 20.1 Å². The van der Waals surface area contributed by atoms with E-state index in [2.05, 4.69) is 34.5 Å². The molecule has 5 rings (SSSR count). The number of nitrogens with one attached hydrogen (secondary N) is 1. The molecule has 3 aromatic rings. The Morgan fingerprint density at radius 3 is 2.27 bits per heavy atom. The fraction of sp³-hybridized carbons (Fsp3) is 0.344. The Kier molecular flexibility index (Phi) is 8.95. The van der Waals surface area contributed by atoms with Gasteiger partial charge in [-0.1, -0.05) is 78.9 Å². The molecule has 8 nitrogen and oxygen atoms in total. The predicted octanol–water partition coefficient (Wildman–Crippen LogP) is 4.45. The molecule has 41 heavy (non-hydrogen) atoms. The number of carbonyl (C=O) groups excluding carboxylic acids is 2. The van der Waals surface area contributed by atoms with Gasteiger partial charge in [0.05, 0.1) is 0 Å². The molecule has 2 amide bonds. The second-order valence-corrected chi connectivity index (χ2v) is 11.6. The Balaban J connectivity index is 1.34. The van der Waals surface area contributed by atoms with Crippen LogP contribution in [0.3, 0.4) is 0 Å². The van der Waals surface area contributed by atoms with E-state index in [1.54, 1.807) is 0 Å². The smallest absolute Gasteiger partial charge is 0.408 e. The highest BCUT2D eigenvalue weighted by molar-refractivity contribution is 7.98. The maximum absolute atomic E-state index is 14.0. The van der Waals surface area contributed by atoms with E-state index in [4.69, 9.17) is 4.74 Å². The predicted molar refractivity (Wildman–Crippen MR) is 160 cm³/mol. The minimum absolute atomic E-state index is 0.108. The van der Waals surface area contributed by atoms with E-state index >= 15 is 0 Å². The molecule has 0 saturated carbocycles. The lowest BCUT2D eigenvalue weighted by Crippen LogP contribution is -2.62. The standard InChI is InChI=1S/C32H35N3O5S/c1-41-18-17-35(20-29(36)37)30(38)32(15-16-34(22-32)19-23-9-3-2-4-10-23)33-31(39)40-21-28-26-13-7-5-11-24(26)25-12-6-8-14-27(25)28/h2-14,28H,15-22H2,1H3,(H,33,39)(H,36,37). The number of carboxylic acid groups (broad SMARTS) is 1. The van der Waals surface area contributed by atoms with Gasteiger partial charge in [-0.3, -0.25) is 14.5 Å². The lowest BCUT2D eigenvalue weighted by molar-refractivity contribution is -0.147. The third-order valence-electron chi connectivity index (χ3n) is 7.87. The summed E-state index contributed by atoms with van der Waals surface area (Å²) in [5.41, 5.74) is 4.29. The first-order valence-electron chi connectivity index (χ1n) is 13.8. The molecule has 0 radical (unpaired) electrons. The average Bonchev–Trinajstić information content (AvgIpc) is 3.53. The fourth-order valence-electron chi connectivity index (χ4n) is 5.95. The highest BCUT2D eigenvalue weighted by Crippen LogP contribution is 2.44. The number of rotatable bonds is 11. The molecular weight excluding hydrogens is 538 g/mol. The van der Waals surface area contributed by atoms with Crippen LogP contribution in [-0.4, -0.2) is 83.2 Å². The summed E-state index contributed by atoms with van der Waals surface area (Å²) in [7, 11) is 0. The number of nitrogens with zero attached hydrogens (tertiary/aromatic N) is 2. The van der Waals surface area contributed by atoms with Crippen LogP contribution in [0.15, 0.2) is 78.9 Å². The third-order valence-corrected chi connectivity index (χ3v) is 8.46. The maximum atomic E-state index is 14.0. The van der Waals surface area contributed by atoms with Gasteiger partial charge in [0, 0.05) is 37.8 Å². The van der Waals surface area contributed by atoms with Crippen molar-refractivity contribution in [3.05, 3.63) is 95.6 Å². The molecule has 0 bridgehead atoms. The molecule has 9 heteroatoms. The lowest BCUT2D eigenvalue weighted by atomic mass is 9.96. The van der Waals surface area contributed by atoms with E-state index in [0.717, 1.165) is 27.8 Å². The summed E-state index contributed by atoms with van der Waals surface area (Å²) in [5, 5.41) is 12.4. The van der Waals surface area contributed by atoms with Crippen molar-refractivity contribution in [1.29, 1.82) is 0 Å². The summed E-state index contributed by atoms with van der Waals surface area (Å²) >= 11 is 1.53. The zero-order valence-corrected chi connectivity index (χ0v) is 23.9. The molecule has 2 N–H and O–H groups in total. The van der Waals surface area contributed by atoms with Gasteiger partial charge >= 0.3 is 12.1 Å². The summed E-state index contributed by atoms with van der Waals surface area (Å²) in [6.07, 6.45) is 1.59. The molecule has 3 aromatic carbocycles. The first kappa shape index (κ1) is 28.7. The van der Waals surface area contributed by atoms with Crippen LogP contribution in [-0.2, 0) is 20.9 Å². The quantitative estimate of drug-likeness (QED) is 0.350. The summed E-state index contributed by atoms with van der Waals surface area (Å²) in [4.78, 5) is 42.5. The molecule has 2 aliphatic rings. The van der Waals surface area contributed by atoms with Gasteiger partial charge in [0.15, 0.2) is 0 Å². The summed E-state index contributed by atoms with van der Waals surface area (Å²) < 4.78 is 5.81. The van der Waals surface area contributed by atoms with Crippen molar-refractivity contribution in [2.75, 3.05) is 44.8 Å². The van der Waals surface area contributed by atoms with Gasteiger partial charge in [0.1, 0.15) is 18.7 Å². The molecular formula is C32H35N3O5S. The fourth-order valence-corrected chi connectivity index (χ4v) is 6.35. The van der Waals surface area contributed by atoms with Crippen LogP contribution in [0.4, 0.5) is 4.79 Å². The van der Waals surface area contributed by atoms with E-state index in [9.17, 15) is 19.5 Å². The Bertz CT molecular complexity index is 1360. The van der Waals surface area contributed by atoms with Gasteiger partial charge in [-0.15, -0.1) is 0 Å². The number of ether oxygens (including phenoxy) is 1. The number of amides is 2. The molecule has 214 valence electrons. The molecule has 1 aliphatic heterocycles. The second kappa shape index (κ2) is 12.8. The second-order valence-electron chi connectivity index (χ2n) is 10.6. The van der Waals surface area contributed by atoms with Crippen molar-refractivity contribution >= 4 is 29.7 Å². The highest BCUT2D eigenvalue weighted by atomic mass is 32.2. The monoisotopic (exact) mass is 573 g/mol. The van der Waals surface area contributed by atoms with Gasteiger partial charge in [-0.05, 0) is 40.5 Å². The molecule has 1 fully saturated rings. The number of carboxylic acids is 1. The molecule has 1 atom stereocenters. The number of fused-ring (bicyclic) bond motifs is 3. The number of carbonyl (C=O) groups is 3. The summed E-state index contributed by atoms with van der Waals surface area (Å²) in [6, 6.07) is 26.2. The molecule has 1 saturated heterocycles. The van der Waals surface area contributed by atoms with Crippen LogP contribution < -0.4 is 5.32 Å². The van der Waals surface area contributed by atoms with E-state index in [1.807, 2.05) is 60.9 Å². The zero-order valence-electron chi connectivity index (χ0n) is 23.1. The molecule has 1 unspecified atom stereocenters. The van der Waals surface area contributed by atoms with Gasteiger partial charge in [0.2, 0.25) is 5.91 Å². The first-order valence-corrected chi connectivity index (χ1v) is 15.2. The van der Waals surface area contributed by atoms with Gasteiger partial charge in [-0.25, -0.2) is 4.79 Å². The number of aliphatic carboxylic acids is 1. The van der Waals surface area contributed by atoms with Crippen molar-refractivity contribution in [3.8, 4) is 11.1 Å². The number of hydrogen-bond donors (Lipinski definition) is 2. The number of likely N-dealkylation sites (tertiary alicyclic amines) is 1. The Morgan fingerprint density at radius 1 is 1.00 bits per heavy atom. The maximum Gasteiger partial charge on any atom is 0.408 e. The molecule has 0 spiro atoms. The van der Waals surface area contributed by atoms with Crippen LogP contribution in [0.5, 0.6) is 0 Å². The van der Waals surface area contributed by atoms with E-state index in [1.165, 1.54) is 16.7 Å². The number of hydrogen-bond acceptors (Lipinski definition) is 6. The van der Waals surface area contributed by atoms with Gasteiger partial charge in [-0.2, -0.15) is 11.8 Å². The number of benzene rings is 3. The normalized spacial score (nSPS) is 18.0. The lowest BCUT2D eigenvalue weighted by Gasteiger charge is -2.34. The van der Waals surface area contributed by atoms with Crippen molar-refractivity contribution in [3.63, 3.8) is 0 Å². The Hall–Kier alpha value is -3.82. The van der Waals surface area contributed by atoms with Crippen LogP contribution in [0, 0.1) is 0 Å². The van der Waals surface area contributed by atoms with E-state index in [0.29, 0.717) is 25.3 Å². The summed E-state index contributed by atoms with van der Waals surface area (Å²) in [5.74, 6) is -0.996. The zero-order chi connectivity index (χ0) is 28.8. The van der Waals surface area contributed by atoms with Crippen molar-refractivity contribution in [2.45, 2.75) is 24.4 Å². The van der Waals surface area contributed by atoms with Gasteiger partial charge in [0.25, 0.3) is 0 Å². The van der Waals surface area contributed by atoms with Crippen molar-refractivity contribution < 1.29 is 24.2 Å². The van der Waals surface area contributed by atoms with Crippen LogP contribution in [0.2, 0.25) is 0 Å². The number of alkyl carbamates (subject to hydrolysis) is 1.